The molecule has 2 aromatic carbocycles. The third-order valence-electron chi connectivity index (χ3n) is 11.6. The van der Waals surface area contributed by atoms with E-state index in [0.29, 0.717) is 42.9 Å². The summed E-state index contributed by atoms with van der Waals surface area (Å²) in [5.74, 6) is 1.19. The second kappa shape index (κ2) is 27.8. The Morgan fingerprint density at radius 3 is 2.18 bits per heavy atom. The molecule has 0 amide bonds. The van der Waals surface area contributed by atoms with Crippen LogP contribution >= 0.6 is 7.60 Å². The molecule has 15 heteroatoms. The molecular formula is C51H77O13PSi. The van der Waals surface area contributed by atoms with E-state index in [1.807, 2.05) is 56.3 Å². The smallest absolute Gasteiger partial charge is 0.341 e. The molecule has 1 aliphatic rings. The SMILES string of the molecule is C=C1C[C@@H](C/C=C/[C@@H](C/C(C)=C\C=O)O[Si](C)(C)C(C)(C)C)O[C@@H](/C=C(\C)C[C@@H](OC(=O)CP(=O)(OCC)OCC)[C@@H](COCc2ccc(OC)cc2OC)OCc2ccc(OC)cc2)C1. The van der Waals surface area contributed by atoms with Crippen molar-refractivity contribution in [2.45, 2.75) is 142 Å². The van der Waals surface area contributed by atoms with Gasteiger partial charge in [-0.2, -0.15) is 0 Å². The molecule has 0 bridgehead atoms. The third-order valence-corrected chi connectivity index (χ3v) is 18.0. The molecule has 0 spiro atoms. The number of esters is 1. The van der Waals surface area contributed by atoms with Crippen molar-refractivity contribution in [1.82, 2.24) is 0 Å². The summed E-state index contributed by atoms with van der Waals surface area (Å²) in [6.07, 6.45) is 8.72. The van der Waals surface area contributed by atoms with Crippen LogP contribution in [0.5, 0.6) is 17.2 Å². The molecular weight excluding hydrogens is 880 g/mol. The van der Waals surface area contributed by atoms with E-state index in [9.17, 15) is 14.2 Å². The summed E-state index contributed by atoms with van der Waals surface area (Å²) in [6, 6.07) is 13.0. The average Bonchev–Trinajstić information content (AvgIpc) is 3.24. The Labute approximate surface area is 395 Å². The number of aldehydes is 1. The molecule has 3 rings (SSSR count). The molecule has 0 N–H and O–H groups in total. The minimum absolute atomic E-state index is 0.0242. The summed E-state index contributed by atoms with van der Waals surface area (Å²) in [5.41, 5.74) is 4.57. The first-order chi connectivity index (χ1) is 31.3. The maximum atomic E-state index is 13.7. The van der Waals surface area contributed by atoms with E-state index in [-0.39, 0.29) is 62.8 Å². The molecule has 0 unspecified atom stereocenters. The van der Waals surface area contributed by atoms with E-state index in [2.05, 4.69) is 52.6 Å². The van der Waals surface area contributed by atoms with Crippen LogP contribution in [0.3, 0.4) is 0 Å². The van der Waals surface area contributed by atoms with E-state index in [1.165, 1.54) is 0 Å². The molecule has 0 aliphatic carbocycles. The van der Waals surface area contributed by atoms with Crippen LogP contribution in [-0.2, 0) is 59.8 Å². The Bertz CT molecular complexity index is 1960. The van der Waals surface area contributed by atoms with E-state index in [4.69, 9.17) is 46.6 Å². The van der Waals surface area contributed by atoms with Gasteiger partial charge >= 0.3 is 13.6 Å². The van der Waals surface area contributed by atoms with Crippen molar-refractivity contribution in [3.05, 3.63) is 101 Å². The van der Waals surface area contributed by atoms with Gasteiger partial charge in [-0.1, -0.05) is 74.4 Å². The van der Waals surface area contributed by atoms with Gasteiger partial charge in [-0.05, 0) is 107 Å². The van der Waals surface area contributed by atoms with E-state index >= 15 is 0 Å². The number of rotatable bonds is 29. The predicted molar refractivity (Wildman–Crippen MR) is 262 cm³/mol. The van der Waals surface area contributed by atoms with Gasteiger partial charge in [-0.15, -0.1) is 0 Å². The van der Waals surface area contributed by atoms with Gasteiger partial charge < -0.3 is 46.6 Å². The number of methoxy groups -OCH3 is 3. The molecule has 1 fully saturated rings. The highest BCUT2D eigenvalue weighted by molar-refractivity contribution is 7.54. The van der Waals surface area contributed by atoms with Gasteiger partial charge in [0.25, 0.3) is 0 Å². The maximum Gasteiger partial charge on any atom is 0.341 e. The molecule has 1 heterocycles. The average molecular weight is 957 g/mol. The molecule has 2 aromatic rings. The van der Waals surface area contributed by atoms with Crippen molar-refractivity contribution in [1.29, 1.82) is 0 Å². The van der Waals surface area contributed by atoms with Gasteiger partial charge in [-0.25, -0.2) is 0 Å². The van der Waals surface area contributed by atoms with Crippen LogP contribution in [-0.4, -0.2) is 98.4 Å². The molecule has 0 aromatic heterocycles. The van der Waals surface area contributed by atoms with Crippen molar-refractivity contribution < 1.29 is 60.8 Å². The number of carbonyl (C=O) groups is 2. The van der Waals surface area contributed by atoms with Crippen molar-refractivity contribution in [3.8, 4) is 17.2 Å². The Kier molecular flexibility index (Phi) is 23.8. The van der Waals surface area contributed by atoms with Crippen molar-refractivity contribution in [2.24, 2.45) is 0 Å². The first kappa shape index (κ1) is 56.5. The second-order valence-corrected chi connectivity index (χ2v) is 24.9. The Morgan fingerprint density at radius 2 is 1.58 bits per heavy atom. The van der Waals surface area contributed by atoms with Crippen LogP contribution in [0, 0.1) is 0 Å². The van der Waals surface area contributed by atoms with E-state index in [1.54, 1.807) is 47.3 Å². The molecule has 0 radical (unpaired) electrons. The number of hydrogen-bond acceptors (Lipinski definition) is 13. The Hall–Kier alpha value is -3.85. The fraction of sp³-hybridized carbons (Fsp3) is 0.569. The lowest BCUT2D eigenvalue weighted by Gasteiger charge is -2.38. The summed E-state index contributed by atoms with van der Waals surface area (Å²) in [4.78, 5) is 25.0. The zero-order valence-electron chi connectivity index (χ0n) is 41.6. The summed E-state index contributed by atoms with van der Waals surface area (Å²) in [6.45, 7) is 23.3. The zero-order chi connectivity index (χ0) is 48.9. The van der Waals surface area contributed by atoms with E-state index in [0.717, 1.165) is 34.1 Å². The Morgan fingerprint density at radius 1 is 0.909 bits per heavy atom. The lowest BCUT2D eigenvalue weighted by Crippen LogP contribution is -2.43. The molecule has 13 nitrogen and oxygen atoms in total. The largest absolute Gasteiger partial charge is 0.497 e. The van der Waals surface area contributed by atoms with Crippen LogP contribution < -0.4 is 14.2 Å². The number of ether oxygens (including phenoxy) is 7. The number of allylic oxidation sites excluding steroid dienone is 1. The fourth-order valence-corrected chi connectivity index (χ4v) is 9.85. The van der Waals surface area contributed by atoms with Crippen molar-refractivity contribution >= 4 is 28.2 Å². The van der Waals surface area contributed by atoms with Gasteiger partial charge in [0.1, 0.15) is 41.9 Å². The normalized spacial score (nSPS) is 17.9. The molecule has 368 valence electrons. The molecule has 0 saturated carbocycles. The topological polar surface area (TPSA) is 144 Å². The highest BCUT2D eigenvalue weighted by Crippen LogP contribution is 2.48. The lowest BCUT2D eigenvalue weighted by atomic mass is 9.95. The van der Waals surface area contributed by atoms with Crippen LogP contribution in [0.4, 0.5) is 0 Å². The summed E-state index contributed by atoms with van der Waals surface area (Å²) >= 11 is 0. The minimum Gasteiger partial charge on any atom is -0.497 e. The molecule has 1 saturated heterocycles. The van der Waals surface area contributed by atoms with Gasteiger partial charge in [0.15, 0.2) is 8.32 Å². The highest BCUT2D eigenvalue weighted by atomic mass is 31.2. The molecule has 5 atom stereocenters. The van der Waals surface area contributed by atoms with Crippen LogP contribution in [0.1, 0.15) is 91.7 Å². The second-order valence-electron chi connectivity index (χ2n) is 18.1. The van der Waals surface area contributed by atoms with Crippen molar-refractivity contribution in [3.63, 3.8) is 0 Å². The van der Waals surface area contributed by atoms with Gasteiger partial charge in [0.05, 0.1) is 72.7 Å². The van der Waals surface area contributed by atoms with Gasteiger partial charge in [-0.3, -0.25) is 14.2 Å². The summed E-state index contributed by atoms with van der Waals surface area (Å²) in [7, 11) is -1.12. The zero-order valence-corrected chi connectivity index (χ0v) is 43.4. The fourth-order valence-electron chi connectivity index (χ4n) is 7.14. The number of hydrogen-bond donors (Lipinski definition) is 0. The molecule has 1 aliphatic heterocycles. The van der Waals surface area contributed by atoms with Gasteiger partial charge in [0.2, 0.25) is 0 Å². The maximum absolute atomic E-state index is 13.7. The van der Waals surface area contributed by atoms with Crippen LogP contribution in [0.15, 0.2) is 90.1 Å². The summed E-state index contributed by atoms with van der Waals surface area (Å²) < 4.78 is 73.3. The minimum atomic E-state index is -3.79. The van der Waals surface area contributed by atoms with E-state index < -0.39 is 40.3 Å². The predicted octanol–water partition coefficient (Wildman–Crippen LogP) is 11.3. The Balaban J connectivity index is 1.92. The monoisotopic (exact) mass is 956 g/mol. The number of carbonyl (C=O) groups excluding carboxylic acids is 2. The number of benzene rings is 2. The first-order valence-corrected chi connectivity index (χ1v) is 27.5. The highest BCUT2D eigenvalue weighted by Gasteiger charge is 2.39. The van der Waals surface area contributed by atoms with Gasteiger partial charge in [0, 0.05) is 18.1 Å². The van der Waals surface area contributed by atoms with Crippen molar-refractivity contribution in [2.75, 3.05) is 47.3 Å². The third kappa shape index (κ3) is 19.4. The quantitative estimate of drug-likeness (QED) is 0.0191. The first-order valence-electron chi connectivity index (χ1n) is 22.8. The standard InChI is InChI=1S/C51H77O13PSi/c1-14-60-65(54,61-15-2)36-50(53)63-48(49(59-33-40-19-22-42(55-9)23-20-40)35-58-34-41-21-24-43(56-10)32-47(41)57-11)31-39(5)30-46-29-38(4)28-44(62-46)17-16-18-45(27-37(3)25-26-52)64-66(12,13)51(6,7)8/h16,18-26,30,32,44-46,48-49H,4,14-15,17,27-29,31,33-36H2,1-3,5-13H3/b18-16+,37-25-,39-30+/t44-,45+,46-,48-,49-/m1/s1. The summed E-state index contributed by atoms with van der Waals surface area (Å²) in [5, 5.41) is 0.0242. The molecule has 66 heavy (non-hydrogen) atoms. The van der Waals surface area contributed by atoms with Crippen LogP contribution in [0.25, 0.3) is 0 Å². The van der Waals surface area contributed by atoms with Crippen LogP contribution in [0.2, 0.25) is 18.1 Å². The lowest BCUT2D eigenvalue weighted by molar-refractivity contribution is -0.160.